The fraction of sp³-hybridized carbons (Fsp3) is 0.500. The maximum Gasteiger partial charge on any atom is 0.119 e. The molecule has 0 saturated heterocycles. The summed E-state index contributed by atoms with van der Waals surface area (Å²) in [5, 5.41) is 9.72. The van der Waals surface area contributed by atoms with Gasteiger partial charge in [-0.3, -0.25) is 0 Å². The van der Waals surface area contributed by atoms with E-state index in [-0.39, 0.29) is 0 Å². The Bertz CT molecular complexity index is 302. The smallest absolute Gasteiger partial charge is 0.119 e. The molecule has 72 valence electrons. The predicted octanol–water partition coefficient (Wildman–Crippen LogP) is 3.52. The van der Waals surface area contributed by atoms with Crippen molar-refractivity contribution in [2.75, 3.05) is 0 Å². The standard InChI is InChI=1S/C12H18O/c1-5-8(2)11-6-9(3)10(4)7-12(11)13/h6-8,13H,5H2,1-4H3. The third kappa shape index (κ3) is 2.03. The van der Waals surface area contributed by atoms with Gasteiger partial charge in [-0.25, -0.2) is 0 Å². The van der Waals surface area contributed by atoms with Gasteiger partial charge in [-0.05, 0) is 48.9 Å². The van der Waals surface area contributed by atoms with Gasteiger partial charge in [0, 0.05) is 0 Å². The van der Waals surface area contributed by atoms with Gasteiger partial charge in [0.25, 0.3) is 0 Å². The molecule has 0 aliphatic heterocycles. The van der Waals surface area contributed by atoms with Crippen molar-refractivity contribution in [3.8, 4) is 5.75 Å². The highest BCUT2D eigenvalue weighted by atomic mass is 16.3. The van der Waals surface area contributed by atoms with Gasteiger partial charge >= 0.3 is 0 Å². The van der Waals surface area contributed by atoms with Crippen molar-refractivity contribution in [2.45, 2.75) is 40.0 Å². The molecule has 0 aliphatic rings. The molecule has 0 radical (unpaired) electrons. The second-order valence-electron chi connectivity index (χ2n) is 3.80. The minimum atomic E-state index is 0.442. The SMILES string of the molecule is CCC(C)c1cc(C)c(C)cc1O. The molecule has 0 heterocycles. The van der Waals surface area contributed by atoms with Crippen LogP contribution in [0.2, 0.25) is 0 Å². The lowest BCUT2D eigenvalue weighted by Crippen LogP contribution is -1.94. The number of rotatable bonds is 2. The monoisotopic (exact) mass is 178 g/mol. The van der Waals surface area contributed by atoms with Crippen LogP contribution in [0.25, 0.3) is 0 Å². The van der Waals surface area contributed by atoms with Crippen LogP contribution in [-0.4, -0.2) is 5.11 Å². The van der Waals surface area contributed by atoms with E-state index in [1.54, 1.807) is 0 Å². The maximum absolute atomic E-state index is 9.72. The number of aryl methyl sites for hydroxylation is 2. The van der Waals surface area contributed by atoms with Crippen LogP contribution < -0.4 is 0 Å². The first-order chi connectivity index (χ1) is 6.06. The molecule has 0 amide bonds. The van der Waals surface area contributed by atoms with Gasteiger partial charge in [-0.2, -0.15) is 0 Å². The van der Waals surface area contributed by atoms with Gasteiger partial charge < -0.3 is 5.11 Å². The number of phenols is 1. The molecule has 0 saturated carbocycles. The number of phenolic OH excluding ortho intramolecular Hbond substituents is 1. The summed E-state index contributed by atoms with van der Waals surface area (Å²) in [6, 6.07) is 3.95. The summed E-state index contributed by atoms with van der Waals surface area (Å²) in [7, 11) is 0. The first-order valence-electron chi connectivity index (χ1n) is 4.86. The molecule has 0 fully saturated rings. The van der Waals surface area contributed by atoms with Crippen molar-refractivity contribution in [3.63, 3.8) is 0 Å². The molecule has 1 aromatic rings. The molecule has 0 aromatic heterocycles. The topological polar surface area (TPSA) is 20.2 Å². The van der Waals surface area contributed by atoms with E-state index < -0.39 is 0 Å². The second kappa shape index (κ2) is 3.82. The molecule has 1 rings (SSSR count). The summed E-state index contributed by atoms with van der Waals surface area (Å²) in [6.45, 7) is 8.39. The molecule has 1 aromatic carbocycles. The molecule has 0 spiro atoms. The molecular weight excluding hydrogens is 160 g/mol. The zero-order valence-corrected chi connectivity index (χ0v) is 8.89. The normalized spacial score (nSPS) is 12.9. The van der Waals surface area contributed by atoms with E-state index in [2.05, 4.69) is 26.8 Å². The van der Waals surface area contributed by atoms with Crippen LogP contribution in [-0.2, 0) is 0 Å². The van der Waals surface area contributed by atoms with Crippen LogP contribution in [0.1, 0.15) is 42.9 Å². The highest BCUT2D eigenvalue weighted by molar-refractivity contribution is 5.42. The second-order valence-corrected chi connectivity index (χ2v) is 3.80. The van der Waals surface area contributed by atoms with E-state index >= 15 is 0 Å². The first-order valence-corrected chi connectivity index (χ1v) is 4.86. The average molecular weight is 178 g/mol. The van der Waals surface area contributed by atoms with Crippen LogP contribution in [0.3, 0.4) is 0 Å². The van der Waals surface area contributed by atoms with Crippen LogP contribution in [0, 0.1) is 13.8 Å². The van der Waals surface area contributed by atoms with E-state index in [0.29, 0.717) is 11.7 Å². The Hall–Kier alpha value is -0.980. The lowest BCUT2D eigenvalue weighted by atomic mass is 9.94. The highest BCUT2D eigenvalue weighted by Crippen LogP contribution is 2.30. The summed E-state index contributed by atoms with van der Waals surface area (Å²) in [6.07, 6.45) is 1.07. The predicted molar refractivity (Wildman–Crippen MR) is 56.3 cm³/mol. The lowest BCUT2D eigenvalue weighted by Gasteiger charge is -2.13. The fourth-order valence-electron chi connectivity index (χ4n) is 1.44. The van der Waals surface area contributed by atoms with Gasteiger partial charge in [-0.1, -0.05) is 19.9 Å². The van der Waals surface area contributed by atoms with Crippen molar-refractivity contribution in [3.05, 3.63) is 28.8 Å². The number of aromatic hydroxyl groups is 1. The van der Waals surface area contributed by atoms with Crippen LogP contribution in [0.4, 0.5) is 0 Å². The molecule has 1 unspecified atom stereocenters. The summed E-state index contributed by atoms with van der Waals surface area (Å²) in [4.78, 5) is 0. The van der Waals surface area contributed by atoms with Gasteiger partial charge in [0.05, 0.1) is 0 Å². The fourth-order valence-corrected chi connectivity index (χ4v) is 1.44. The molecule has 1 nitrogen and oxygen atoms in total. The summed E-state index contributed by atoms with van der Waals surface area (Å²) in [5.41, 5.74) is 3.49. The highest BCUT2D eigenvalue weighted by Gasteiger charge is 2.09. The van der Waals surface area contributed by atoms with E-state index in [4.69, 9.17) is 0 Å². The Labute approximate surface area is 80.4 Å². The van der Waals surface area contributed by atoms with Crippen LogP contribution >= 0.6 is 0 Å². The Morgan fingerprint density at radius 2 is 1.77 bits per heavy atom. The van der Waals surface area contributed by atoms with Gasteiger partial charge in [0.15, 0.2) is 0 Å². The molecule has 1 heteroatoms. The van der Waals surface area contributed by atoms with E-state index in [9.17, 15) is 5.11 Å². The van der Waals surface area contributed by atoms with E-state index in [1.165, 1.54) is 5.56 Å². The molecule has 1 N–H and O–H groups in total. The Morgan fingerprint density at radius 3 is 2.31 bits per heavy atom. The molecule has 0 bridgehead atoms. The molecular formula is C12H18O. The maximum atomic E-state index is 9.72. The Morgan fingerprint density at radius 1 is 1.23 bits per heavy atom. The molecule has 13 heavy (non-hydrogen) atoms. The quantitative estimate of drug-likeness (QED) is 0.734. The van der Waals surface area contributed by atoms with Gasteiger partial charge in [-0.15, -0.1) is 0 Å². The van der Waals surface area contributed by atoms with Crippen molar-refractivity contribution in [1.29, 1.82) is 0 Å². The zero-order chi connectivity index (χ0) is 10.0. The number of benzene rings is 1. The minimum absolute atomic E-state index is 0.442. The molecule has 1 atom stereocenters. The third-order valence-corrected chi connectivity index (χ3v) is 2.79. The summed E-state index contributed by atoms with van der Waals surface area (Å²) < 4.78 is 0. The number of hydrogen-bond donors (Lipinski definition) is 1. The number of hydrogen-bond acceptors (Lipinski definition) is 1. The van der Waals surface area contributed by atoms with Crippen LogP contribution in [0.15, 0.2) is 12.1 Å². The van der Waals surface area contributed by atoms with Gasteiger partial charge in [0.1, 0.15) is 5.75 Å². The molecule has 0 aliphatic carbocycles. The lowest BCUT2D eigenvalue weighted by molar-refractivity contribution is 0.461. The van der Waals surface area contributed by atoms with E-state index in [0.717, 1.165) is 17.5 Å². The van der Waals surface area contributed by atoms with Crippen molar-refractivity contribution in [2.24, 2.45) is 0 Å². The Kier molecular flexibility index (Phi) is 2.97. The Balaban J connectivity index is 3.15. The first kappa shape index (κ1) is 10.1. The third-order valence-electron chi connectivity index (χ3n) is 2.79. The zero-order valence-electron chi connectivity index (χ0n) is 8.89. The van der Waals surface area contributed by atoms with Crippen molar-refractivity contribution < 1.29 is 5.11 Å². The van der Waals surface area contributed by atoms with Gasteiger partial charge in [0.2, 0.25) is 0 Å². The minimum Gasteiger partial charge on any atom is -0.508 e. The average Bonchev–Trinajstić information content (AvgIpc) is 2.10. The van der Waals surface area contributed by atoms with Crippen molar-refractivity contribution >= 4 is 0 Å². The van der Waals surface area contributed by atoms with Crippen LogP contribution in [0.5, 0.6) is 5.75 Å². The van der Waals surface area contributed by atoms with E-state index in [1.807, 2.05) is 13.0 Å². The van der Waals surface area contributed by atoms with Crippen molar-refractivity contribution in [1.82, 2.24) is 0 Å². The largest absolute Gasteiger partial charge is 0.508 e. The summed E-state index contributed by atoms with van der Waals surface area (Å²) >= 11 is 0. The summed E-state index contributed by atoms with van der Waals surface area (Å²) in [5.74, 6) is 0.886.